The number of hydrogen-bond donors (Lipinski definition) is 2. The second-order valence-corrected chi connectivity index (χ2v) is 4.43. The molecule has 0 saturated carbocycles. The highest BCUT2D eigenvalue weighted by Gasteiger charge is 2.16. The average Bonchev–Trinajstić information content (AvgIpc) is 2.67. The summed E-state index contributed by atoms with van der Waals surface area (Å²) in [4.78, 5) is 0. The van der Waals surface area contributed by atoms with Crippen molar-refractivity contribution in [3.05, 3.63) is 28.2 Å². The fourth-order valence-electron chi connectivity index (χ4n) is 1.63. The molecule has 1 aliphatic heterocycles. The topological polar surface area (TPSA) is 24.1 Å². The molecule has 0 aromatic heterocycles. The fourth-order valence-corrected chi connectivity index (χ4v) is 1.97. The van der Waals surface area contributed by atoms with E-state index in [1.165, 1.54) is 6.07 Å². The molecule has 1 aromatic rings. The first-order valence-corrected chi connectivity index (χ1v) is 5.58. The van der Waals surface area contributed by atoms with Crippen LogP contribution in [0, 0.1) is 11.6 Å². The van der Waals surface area contributed by atoms with Gasteiger partial charge in [-0.25, -0.2) is 8.78 Å². The van der Waals surface area contributed by atoms with Gasteiger partial charge in [-0.2, -0.15) is 0 Å². The van der Waals surface area contributed by atoms with Gasteiger partial charge >= 0.3 is 0 Å². The Morgan fingerprint density at radius 1 is 1.33 bits per heavy atom. The van der Waals surface area contributed by atoms with Crippen LogP contribution in [0.1, 0.15) is 6.42 Å². The van der Waals surface area contributed by atoms with Crippen LogP contribution in [0.3, 0.4) is 0 Å². The van der Waals surface area contributed by atoms with Gasteiger partial charge in [0.1, 0.15) is 11.6 Å². The highest BCUT2D eigenvalue weighted by atomic mass is 79.9. The van der Waals surface area contributed by atoms with E-state index in [2.05, 4.69) is 26.6 Å². The predicted molar refractivity (Wildman–Crippen MR) is 59.0 cm³/mol. The van der Waals surface area contributed by atoms with Crippen LogP contribution in [0.15, 0.2) is 16.6 Å². The van der Waals surface area contributed by atoms with Crippen molar-refractivity contribution in [1.82, 2.24) is 5.32 Å². The van der Waals surface area contributed by atoms with Crippen molar-refractivity contribution >= 4 is 21.6 Å². The molecule has 1 heterocycles. The lowest BCUT2D eigenvalue weighted by Gasteiger charge is -2.14. The molecule has 15 heavy (non-hydrogen) atoms. The van der Waals surface area contributed by atoms with Gasteiger partial charge in [-0.1, -0.05) is 0 Å². The molecule has 1 aromatic carbocycles. The lowest BCUT2D eigenvalue weighted by Crippen LogP contribution is -2.22. The molecule has 2 rings (SSSR count). The number of rotatable bonds is 2. The molecule has 1 fully saturated rings. The summed E-state index contributed by atoms with van der Waals surface area (Å²) in [5.41, 5.74) is 0.344. The molecule has 1 atom stereocenters. The maximum atomic E-state index is 13.3. The van der Waals surface area contributed by atoms with Crippen molar-refractivity contribution in [3.63, 3.8) is 0 Å². The maximum absolute atomic E-state index is 13.3. The van der Waals surface area contributed by atoms with E-state index in [0.717, 1.165) is 25.6 Å². The van der Waals surface area contributed by atoms with Crippen LogP contribution in [0.25, 0.3) is 0 Å². The molecular formula is C10H11BrF2N2. The Balaban J connectivity index is 2.16. The molecule has 0 bridgehead atoms. The van der Waals surface area contributed by atoms with Crippen molar-refractivity contribution in [2.75, 3.05) is 18.4 Å². The van der Waals surface area contributed by atoms with Gasteiger partial charge in [-0.3, -0.25) is 0 Å². The molecule has 82 valence electrons. The molecular weight excluding hydrogens is 266 g/mol. The van der Waals surface area contributed by atoms with Gasteiger partial charge in [-0.05, 0) is 35.0 Å². The van der Waals surface area contributed by atoms with E-state index in [1.54, 1.807) is 0 Å². The van der Waals surface area contributed by atoms with Crippen molar-refractivity contribution in [2.45, 2.75) is 12.5 Å². The largest absolute Gasteiger partial charge is 0.379 e. The van der Waals surface area contributed by atoms with Crippen LogP contribution in [0.4, 0.5) is 14.5 Å². The van der Waals surface area contributed by atoms with Gasteiger partial charge in [0, 0.05) is 18.7 Å². The Bertz CT molecular complexity index is 365. The Morgan fingerprint density at radius 3 is 2.80 bits per heavy atom. The summed E-state index contributed by atoms with van der Waals surface area (Å²) in [7, 11) is 0. The molecule has 1 saturated heterocycles. The molecule has 0 radical (unpaired) electrons. The van der Waals surface area contributed by atoms with E-state index < -0.39 is 11.6 Å². The summed E-state index contributed by atoms with van der Waals surface area (Å²) in [5, 5.41) is 6.21. The van der Waals surface area contributed by atoms with Crippen LogP contribution in [-0.2, 0) is 0 Å². The average molecular weight is 277 g/mol. The fraction of sp³-hybridized carbons (Fsp3) is 0.400. The summed E-state index contributed by atoms with van der Waals surface area (Å²) in [6.07, 6.45) is 0.953. The Morgan fingerprint density at radius 2 is 2.13 bits per heavy atom. The first-order valence-electron chi connectivity index (χ1n) is 4.78. The van der Waals surface area contributed by atoms with Gasteiger partial charge in [0.15, 0.2) is 0 Å². The quantitative estimate of drug-likeness (QED) is 0.812. The monoisotopic (exact) mass is 276 g/mol. The van der Waals surface area contributed by atoms with Crippen molar-refractivity contribution < 1.29 is 8.78 Å². The van der Waals surface area contributed by atoms with E-state index >= 15 is 0 Å². The second kappa shape index (κ2) is 4.45. The summed E-state index contributed by atoms with van der Waals surface area (Å²) >= 11 is 3.03. The Kier molecular flexibility index (Phi) is 3.21. The van der Waals surface area contributed by atoms with Crippen LogP contribution < -0.4 is 10.6 Å². The van der Waals surface area contributed by atoms with E-state index in [9.17, 15) is 8.78 Å². The highest BCUT2D eigenvalue weighted by molar-refractivity contribution is 9.10. The standard InChI is InChI=1S/C10H11BrF2N2/c11-7-3-10(9(13)4-8(7)12)15-6-1-2-14-5-6/h3-4,6,14-15H,1-2,5H2. The third-order valence-electron chi connectivity index (χ3n) is 2.43. The Hall–Kier alpha value is -0.680. The zero-order chi connectivity index (χ0) is 10.8. The Labute approximate surface area is 95.2 Å². The SMILES string of the molecule is Fc1cc(F)c(NC2CCNC2)cc1Br. The normalized spacial score (nSPS) is 20.6. The number of hydrogen-bond acceptors (Lipinski definition) is 2. The van der Waals surface area contributed by atoms with Gasteiger partial charge in [0.25, 0.3) is 0 Å². The third kappa shape index (κ3) is 2.46. The minimum absolute atomic E-state index is 0.219. The molecule has 1 unspecified atom stereocenters. The van der Waals surface area contributed by atoms with E-state index in [0.29, 0.717) is 5.69 Å². The summed E-state index contributed by atoms with van der Waals surface area (Å²) < 4.78 is 26.6. The smallest absolute Gasteiger partial charge is 0.149 e. The van der Waals surface area contributed by atoms with Gasteiger partial charge in [0.2, 0.25) is 0 Å². The first kappa shape index (κ1) is 10.8. The molecule has 2 nitrogen and oxygen atoms in total. The van der Waals surface area contributed by atoms with E-state index in [1.807, 2.05) is 0 Å². The van der Waals surface area contributed by atoms with Crippen LogP contribution in [0.5, 0.6) is 0 Å². The minimum atomic E-state index is -0.581. The van der Waals surface area contributed by atoms with Gasteiger partial charge in [0.05, 0.1) is 10.2 Å². The molecule has 5 heteroatoms. The summed E-state index contributed by atoms with van der Waals surface area (Å²) in [5.74, 6) is -1.13. The lowest BCUT2D eigenvalue weighted by molar-refractivity contribution is 0.579. The summed E-state index contributed by atoms with van der Waals surface area (Å²) in [6, 6.07) is 2.54. The molecule has 0 spiro atoms. The molecule has 1 aliphatic rings. The summed E-state index contributed by atoms with van der Waals surface area (Å²) in [6.45, 7) is 1.75. The van der Waals surface area contributed by atoms with Crippen LogP contribution >= 0.6 is 15.9 Å². The van der Waals surface area contributed by atoms with Crippen LogP contribution in [-0.4, -0.2) is 19.1 Å². The number of anilines is 1. The molecule has 2 N–H and O–H groups in total. The third-order valence-corrected chi connectivity index (χ3v) is 3.04. The number of benzene rings is 1. The predicted octanol–water partition coefficient (Wildman–Crippen LogP) is 2.50. The highest BCUT2D eigenvalue weighted by Crippen LogP contribution is 2.24. The molecule has 0 amide bonds. The second-order valence-electron chi connectivity index (χ2n) is 3.58. The van der Waals surface area contributed by atoms with Crippen molar-refractivity contribution in [1.29, 1.82) is 0 Å². The van der Waals surface area contributed by atoms with Crippen LogP contribution in [0.2, 0.25) is 0 Å². The maximum Gasteiger partial charge on any atom is 0.149 e. The number of nitrogens with one attached hydrogen (secondary N) is 2. The van der Waals surface area contributed by atoms with E-state index in [-0.39, 0.29) is 10.5 Å². The zero-order valence-electron chi connectivity index (χ0n) is 7.99. The van der Waals surface area contributed by atoms with Gasteiger partial charge < -0.3 is 10.6 Å². The van der Waals surface area contributed by atoms with E-state index in [4.69, 9.17) is 0 Å². The van der Waals surface area contributed by atoms with Gasteiger partial charge in [-0.15, -0.1) is 0 Å². The lowest BCUT2D eigenvalue weighted by atomic mass is 10.2. The zero-order valence-corrected chi connectivity index (χ0v) is 9.57. The van der Waals surface area contributed by atoms with Crippen molar-refractivity contribution in [2.24, 2.45) is 0 Å². The van der Waals surface area contributed by atoms with Crippen molar-refractivity contribution in [3.8, 4) is 0 Å². The number of halogens is 3. The minimum Gasteiger partial charge on any atom is -0.379 e. The first-order chi connectivity index (χ1) is 7.16. The molecule has 0 aliphatic carbocycles.